The van der Waals surface area contributed by atoms with Gasteiger partial charge in [0.25, 0.3) is 0 Å². The van der Waals surface area contributed by atoms with Gasteiger partial charge in [-0.2, -0.15) is 0 Å². The Kier molecular flexibility index (Phi) is 3.35. The molecule has 0 spiro atoms. The molecule has 1 atom stereocenters. The van der Waals surface area contributed by atoms with E-state index < -0.39 is 11.0 Å². The Balaban J connectivity index is 2.09. The molecule has 0 bridgehead atoms. The van der Waals surface area contributed by atoms with Gasteiger partial charge in [0.2, 0.25) is 0 Å². The Bertz CT molecular complexity index is 346. The van der Waals surface area contributed by atoms with Crippen LogP contribution in [0.1, 0.15) is 0 Å². The summed E-state index contributed by atoms with van der Waals surface area (Å²) in [4.78, 5) is 0.717. The molecule has 1 aromatic carbocycles. The first-order valence-electron chi connectivity index (χ1n) is 4.81. The average Bonchev–Trinajstić information content (AvgIpc) is 2.30. The van der Waals surface area contributed by atoms with Crippen molar-refractivity contribution in [2.45, 2.75) is 4.90 Å². The molecule has 1 aromatic rings. The molecule has 0 aliphatic carbocycles. The van der Waals surface area contributed by atoms with Crippen LogP contribution < -0.4 is 0 Å². The lowest BCUT2D eigenvalue weighted by atomic mass is 10.3. The van der Waals surface area contributed by atoms with Gasteiger partial charge in [-0.25, -0.2) is 8.51 Å². The topological polar surface area (TPSA) is 49.8 Å². The maximum absolute atomic E-state index is 12.0. The monoisotopic (exact) mass is 227 g/mol. The zero-order chi connectivity index (χ0) is 10.7. The van der Waals surface area contributed by atoms with E-state index in [0.29, 0.717) is 26.3 Å². The maximum Gasteiger partial charge on any atom is 0.127 e. The minimum absolute atomic E-state index is 0.192. The standard InChI is InChI=1S/C10H13NO3S/c12-9-1-3-10(4-2-9)15(13)11-5-7-14-8-6-11/h1-4,12H,5-8H2. The van der Waals surface area contributed by atoms with Crippen molar-refractivity contribution in [1.82, 2.24) is 4.31 Å². The van der Waals surface area contributed by atoms with Gasteiger partial charge in [0, 0.05) is 13.1 Å². The summed E-state index contributed by atoms with van der Waals surface area (Å²) in [6.45, 7) is 2.63. The molecular formula is C10H13NO3S. The molecule has 82 valence electrons. The first kappa shape index (κ1) is 10.6. The number of phenols is 1. The van der Waals surface area contributed by atoms with E-state index in [-0.39, 0.29) is 5.75 Å². The van der Waals surface area contributed by atoms with Crippen LogP contribution in [0.25, 0.3) is 0 Å². The fourth-order valence-electron chi connectivity index (χ4n) is 1.42. The maximum atomic E-state index is 12.0. The molecule has 4 nitrogen and oxygen atoms in total. The van der Waals surface area contributed by atoms with Gasteiger partial charge in [0.1, 0.15) is 16.7 Å². The molecule has 0 saturated carbocycles. The first-order valence-corrected chi connectivity index (χ1v) is 5.91. The molecule has 1 unspecified atom stereocenters. The summed E-state index contributed by atoms with van der Waals surface area (Å²) in [6.07, 6.45) is 0. The van der Waals surface area contributed by atoms with Gasteiger partial charge in [0.15, 0.2) is 0 Å². The number of phenolic OH excluding ortho intramolecular Hbond substituents is 1. The molecule has 1 heterocycles. The second-order valence-corrected chi connectivity index (χ2v) is 4.77. The molecule has 15 heavy (non-hydrogen) atoms. The van der Waals surface area contributed by atoms with Gasteiger partial charge in [-0.1, -0.05) is 0 Å². The highest BCUT2D eigenvalue weighted by Crippen LogP contribution is 2.16. The Hall–Kier alpha value is -0.910. The van der Waals surface area contributed by atoms with Gasteiger partial charge in [-0.05, 0) is 24.3 Å². The third-order valence-corrected chi connectivity index (χ3v) is 3.75. The minimum atomic E-state index is -1.14. The van der Waals surface area contributed by atoms with Gasteiger partial charge < -0.3 is 9.84 Å². The number of ether oxygens (including phenoxy) is 1. The third-order valence-electron chi connectivity index (χ3n) is 2.24. The molecule has 0 radical (unpaired) electrons. The Morgan fingerprint density at radius 2 is 1.80 bits per heavy atom. The van der Waals surface area contributed by atoms with Crippen LogP contribution in [-0.2, 0) is 15.7 Å². The second kappa shape index (κ2) is 4.74. The Morgan fingerprint density at radius 1 is 1.20 bits per heavy atom. The zero-order valence-electron chi connectivity index (χ0n) is 8.26. The van der Waals surface area contributed by atoms with E-state index in [1.54, 1.807) is 24.3 Å². The van der Waals surface area contributed by atoms with Crippen molar-refractivity contribution >= 4 is 11.0 Å². The summed E-state index contributed by atoms with van der Waals surface area (Å²) >= 11 is 0. The lowest BCUT2D eigenvalue weighted by Gasteiger charge is -2.25. The van der Waals surface area contributed by atoms with Crippen LogP contribution in [0.15, 0.2) is 29.2 Å². The first-order chi connectivity index (χ1) is 7.27. The molecule has 0 aromatic heterocycles. The zero-order valence-corrected chi connectivity index (χ0v) is 9.07. The third kappa shape index (κ3) is 2.56. The highest BCUT2D eigenvalue weighted by atomic mass is 32.2. The second-order valence-electron chi connectivity index (χ2n) is 3.28. The number of hydrogen-bond donors (Lipinski definition) is 1. The highest BCUT2D eigenvalue weighted by molar-refractivity contribution is 7.82. The average molecular weight is 227 g/mol. The quantitative estimate of drug-likeness (QED) is 0.811. The summed E-state index contributed by atoms with van der Waals surface area (Å²) in [5, 5.41) is 9.12. The predicted molar refractivity (Wildman–Crippen MR) is 56.9 cm³/mol. The van der Waals surface area contributed by atoms with Crippen LogP contribution in [0.3, 0.4) is 0 Å². The van der Waals surface area contributed by atoms with E-state index in [4.69, 9.17) is 9.84 Å². The molecule has 0 amide bonds. The van der Waals surface area contributed by atoms with E-state index in [9.17, 15) is 4.21 Å². The molecule has 5 heteroatoms. The lowest BCUT2D eigenvalue weighted by molar-refractivity contribution is 0.0752. The number of hydrogen-bond acceptors (Lipinski definition) is 3. The van der Waals surface area contributed by atoms with E-state index in [1.807, 2.05) is 4.31 Å². The van der Waals surface area contributed by atoms with Gasteiger partial charge in [0.05, 0.1) is 18.1 Å². The van der Waals surface area contributed by atoms with Crippen LogP contribution in [0.5, 0.6) is 5.75 Å². The van der Waals surface area contributed by atoms with E-state index in [0.717, 1.165) is 4.90 Å². The van der Waals surface area contributed by atoms with E-state index in [1.165, 1.54) is 0 Å². The number of rotatable bonds is 2. The highest BCUT2D eigenvalue weighted by Gasteiger charge is 2.17. The molecular weight excluding hydrogens is 214 g/mol. The summed E-state index contributed by atoms with van der Waals surface area (Å²) in [6, 6.07) is 6.46. The van der Waals surface area contributed by atoms with Gasteiger partial charge in [-0.15, -0.1) is 0 Å². The number of morpholine rings is 1. The largest absolute Gasteiger partial charge is 0.508 e. The number of benzene rings is 1. The van der Waals surface area contributed by atoms with Crippen molar-refractivity contribution in [3.05, 3.63) is 24.3 Å². The summed E-state index contributed by atoms with van der Waals surface area (Å²) < 4.78 is 19.1. The smallest absolute Gasteiger partial charge is 0.127 e. The van der Waals surface area contributed by atoms with E-state index >= 15 is 0 Å². The van der Waals surface area contributed by atoms with Crippen molar-refractivity contribution in [3.63, 3.8) is 0 Å². The van der Waals surface area contributed by atoms with Crippen molar-refractivity contribution < 1.29 is 14.1 Å². The summed E-state index contributed by atoms with van der Waals surface area (Å²) in [5.41, 5.74) is 0. The minimum Gasteiger partial charge on any atom is -0.508 e. The SMILES string of the molecule is O=S(c1ccc(O)cc1)N1CCOCC1. The molecule has 1 aliphatic heterocycles. The molecule has 1 aliphatic rings. The normalized spacial score (nSPS) is 20.0. The Morgan fingerprint density at radius 3 is 2.40 bits per heavy atom. The number of aromatic hydroxyl groups is 1. The molecule has 1 fully saturated rings. The van der Waals surface area contributed by atoms with Crippen molar-refractivity contribution in [2.24, 2.45) is 0 Å². The van der Waals surface area contributed by atoms with Crippen molar-refractivity contribution in [3.8, 4) is 5.75 Å². The van der Waals surface area contributed by atoms with Crippen molar-refractivity contribution in [1.29, 1.82) is 0 Å². The van der Waals surface area contributed by atoms with Crippen molar-refractivity contribution in [2.75, 3.05) is 26.3 Å². The van der Waals surface area contributed by atoms with Crippen LogP contribution in [-0.4, -0.2) is 39.9 Å². The fourth-order valence-corrected chi connectivity index (χ4v) is 2.57. The van der Waals surface area contributed by atoms with E-state index in [2.05, 4.69) is 0 Å². The van der Waals surface area contributed by atoms with Crippen LogP contribution in [0.4, 0.5) is 0 Å². The van der Waals surface area contributed by atoms with Crippen LogP contribution in [0, 0.1) is 0 Å². The predicted octanol–water partition coefficient (Wildman–Crippen LogP) is 0.747. The fraction of sp³-hybridized carbons (Fsp3) is 0.400. The number of nitrogens with zero attached hydrogens (tertiary/aromatic N) is 1. The van der Waals surface area contributed by atoms with Crippen LogP contribution in [0.2, 0.25) is 0 Å². The summed E-state index contributed by atoms with van der Waals surface area (Å²) in [7, 11) is -1.14. The Labute approximate surface area is 91.1 Å². The van der Waals surface area contributed by atoms with Gasteiger partial charge >= 0.3 is 0 Å². The summed E-state index contributed by atoms with van der Waals surface area (Å²) in [5.74, 6) is 0.192. The lowest BCUT2D eigenvalue weighted by Crippen LogP contribution is -2.37. The molecule has 1 saturated heterocycles. The van der Waals surface area contributed by atoms with Crippen LogP contribution >= 0.6 is 0 Å². The molecule has 2 rings (SSSR count). The van der Waals surface area contributed by atoms with Gasteiger partial charge in [-0.3, -0.25) is 0 Å². The molecule has 1 N–H and O–H groups in total.